The molecule has 2 aromatic carbocycles. The first-order chi connectivity index (χ1) is 13.8. The van der Waals surface area contributed by atoms with E-state index in [-0.39, 0.29) is 18.1 Å². The molecule has 2 N–H and O–H groups in total. The van der Waals surface area contributed by atoms with Crippen LogP contribution in [0.25, 0.3) is 0 Å². The molecule has 0 aliphatic heterocycles. The van der Waals surface area contributed by atoms with Crippen LogP contribution in [0.2, 0.25) is 10.0 Å². The summed E-state index contributed by atoms with van der Waals surface area (Å²) in [5, 5.41) is 3.48. The Balaban J connectivity index is 1.87. The molecule has 0 saturated heterocycles. The van der Waals surface area contributed by atoms with Crippen molar-refractivity contribution in [1.29, 1.82) is 0 Å². The molecule has 0 unspecified atom stereocenters. The minimum atomic E-state index is -3.43. The summed E-state index contributed by atoms with van der Waals surface area (Å²) >= 11 is 12.0. The molecular formula is C19H22Cl2N2O5S. The van der Waals surface area contributed by atoms with Crippen LogP contribution >= 0.6 is 23.2 Å². The summed E-state index contributed by atoms with van der Waals surface area (Å²) in [5.41, 5.74) is 0.796. The molecule has 0 aromatic heterocycles. The van der Waals surface area contributed by atoms with Crippen LogP contribution in [0.3, 0.4) is 0 Å². The average molecular weight is 461 g/mol. The minimum absolute atomic E-state index is 0.0584. The lowest BCUT2D eigenvalue weighted by Gasteiger charge is -2.13. The molecule has 0 bridgehead atoms. The molecule has 29 heavy (non-hydrogen) atoms. The smallest absolute Gasteiger partial charge is 0.232 e. The molecule has 7 nitrogen and oxygen atoms in total. The van der Waals surface area contributed by atoms with Gasteiger partial charge in [-0.25, -0.2) is 8.42 Å². The molecule has 0 radical (unpaired) electrons. The third kappa shape index (κ3) is 6.99. The summed E-state index contributed by atoms with van der Waals surface area (Å²) in [4.78, 5) is 12.1. The zero-order valence-corrected chi connectivity index (χ0v) is 18.3. The van der Waals surface area contributed by atoms with E-state index in [4.69, 9.17) is 32.7 Å². The van der Waals surface area contributed by atoms with Crippen molar-refractivity contribution in [3.8, 4) is 11.5 Å². The van der Waals surface area contributed by atoms with E-state index < -0.39 is 10.0 Å². The van der Waals surface area contributed by atoms with Crippen molar-refractivity contribution in [3.05, 3.63) is 46.4 Å². The standard InChI is InChI=1S/C19H22Cl2N2O5S/c1-3-29(25,26)23-15-10-9-13(12-17(15)27-2)22-18(24)8-5-11-28-16-7-4-6-14(20)19(16)21/h4,6-7,9-10,12,23H,3,5,8,11H2,1-2H3,(H,22,24). The lowest BCUT2D eigenvalue weighted by atomic mass is 10.2. The number of carbonyl (C=O) groups excluding carboxylic acids is 1. The van der Waals surface area contributed by atoms with Crippen molar-refractivity contribution in [2.24, 2.45) is 0 Å². The Bertz CT molecular complexity index is 967. The Kier molecular flexibility index (Phi) is 8.43. The molecule has 1 amide bonds. The first-order valence-corrected chi connectivity index (χ1v) is 11.2. The molecule has 2 rings (SSSR count). The highest BCUT2D eigenvalue weighted by Gasteiger charge is 2.13. The van der Waals surface area contributed by atoms with Gasteiger partial charge < -0.3 is 14.8 Å². The van der Waals surface area contributed by atoms with Crippen molar-refractivity contribution in [1.82, 2.24) is 0 Å². The summed E-state index contributed by atoms with van der Waals surface area (Å²) in [6, 6.07) is 9.77. The maximum Gasteiger partial charge on any atom is 0.232 e. The molecule has 0 atom stereocenters. The van der Waals surface area contributed by atoms with Crippen LogP contribution in [-0.2, 0) is 14.8 Å². The van der Waals surface area contributed by atoms with Crippen LogP contribution in [0.1, 0.15) is 19.8 Å². The number of amides is 1. The number of anilines is 2. The lowest BCUT2D eigenvalue weighted by Crippen LogP contribution is -2.16. The molecule has 0 aliphatic carbocycles. The summed E-state index contributed by atoms with van der Waals surface area (Å²) in [6.07, 6.45) is 0.699. The van der Waals surface area contributed by atoms with E-state index in [9.17, 15) is 13.2 Å². The quantitative estimate of drug-likeness (QED) is 0.506. The number of carbonyl (C=O) groups is 1. The lowest BCUT2D eigenvalue weighted by molar-refractivity contribution is -0.116. The zero-order valence-electron chi connectivity index (χ0n) is 16.0. The van der Waals surface area contributed by atoms with E-state index in [1.807, 2.05) is 0 Å². The van der Waals surface area contributed by atoms with Gasteiger partial charge in [0.05, 0.1) is 30.2 Å². The van der Waals surface area contributed by atoms with Gasteiger partial charge in [0.2, 0.25) is 15.9 Å². The van der Waals surface area contributed by atoms with Gasteiger partial charge in [-0.3, -0.25) is 9.52 Å². The normalized spacial score (nSPS) is 11.0. The first kappa shape index (κ1) is 23.1. The number of rotatable bonds is 10. The highest BCUT2D eigenvalue weighted by Crippen LogP contribution is 2.31. The number of methoxy groups -OCH3 is 1. The Labute approximate surface area is 180 Å². The second-order valence-corrected chi connectivity index (χ2v) is 8.77. The maximum atomic E-state index is 12.1. The van der Waals surface area contributed by atoms with Crippen molar-refractivity contribution < 1.29 is 22.7 Å². The predicted octanol–water partition coefficient (Wildman–Crippen LogP) is 4.56. The molecule has 0 aliphatic rings. The topological polar surface area (TPSA) is 93.7 Å². The monoisotopic (exact) mass is 460 g/mol. The number of halogens is 2. The average Bonchev–Trinajstić information content (AvgIpc) is 2.69. The third-order valence-corrected chi connectivity index (χ3v) is 5.95. The molecule has 0 fully saturated rings. The second kappa shape index (κ2) is 10.6. The van der Waals surface area contributed by atoms with Gasteiger partial charge >= 0.3 is 0 Å². The Morgan fingerprint density at radius 2 is 1.90 bits per heavy atom. The van der Waals surface area contributed by atoms with Gasteiger partial charge in [0.1, 0.15) is 16.5 Å². The third-order valence-electron chi connectivity index (χ3n) is 3.85. The van der Waals surface area contributed by atoms with Crippen LogP contribution in [0, 0.1) is 0 Å². The summed E-state index contributed by atoms with van der Waals surface area (Å²) < 4.78 is 36.6. The van der Waals surface area contributed by atoms with Crippen LogP contribution in [0.15, 0.2) is 36.4 Å². The second-order valence-electron chi connectivity index (χ2n) is 5.97. The van der Waals surface area contributed by atoms with Crippen LogP contribution < -0.4 is 19.5 Å². The number of hydrogen-bond donors (Lipinski definition) is 2. The van der Waals surface area contributed by atoms with E-state index in [0.29, 0.717) is 45.9 Å². The van der Waals surface area contributed by atoms with Crippen molar-refractivity contribution in [2.45, 2.75) is 19.8 Å². The number of sulfonamides is 1. The Hall–Kier alpha value is -2.16. The fourth-order valence-corrected chi connectivity index (χ4v) is 3.32. The van der Waals surface area contributed by atoms with Crippen molar-refractivity contribution in [2.75, 3.05) is 29.5 Å². The largest absolute Gasteiger partial charge is 0.494 e. The molecule has 158 valence electrons. The summed E-state index contributed by atoms with van der Waals surface area (Å²) in [5.74, 6) is 0.500. The molecule has 2 aromatic rings. The molecule has 10 heteroatoms. The molecular weight excluding hydrogens is 439 g/mol. The van der Waals surface area contributed by atoms with Gasteiger partial charge in [-0.05, 0) is 37.6 Å². The number of hydrogen-bond acceptors (Lipinski definition) is 5. The number of nitrogens with one attached hydrogen (secondary N) is 2. The SMILES string of the molecule is CCS(=O)(=O)Nc1ccc(NC(=O)CCCOc2cccc(Cl)c2Cl)cc1OC. The highest BCUT2D eigenvalue weighted by atomic mass is 35.5. The van der Waals surface area contributed by atoms with Gasteiger partial charge in [0, 0.05) is 18.2 Å². The van der Waals surface area contributed by atoms with Crippen molar-refractivity contribution >= 4 is 50.5 Å². The van der Waals surface area contributed by atoms with Crippen molar-refractivity contribution in [3.63, 3.8) is 0 Å². The zero-order chi connectivity index (χ0) is 21.4. The Morgan fingerprint density at radius 1 is 1.14 bits per heavy atom. The van der Waals surface area contributed by atoms with Gasteiger partial charge in [-0.15, -0.1) is 0 Å². The molecule has 0 spiro atoms. The predicted molar refractivity (Wildman–Crippen MR) is 116 cm³/mol. The highest BCUT2D eigenvalue weighted by molar-refractivity contribution is 7.92. The first-order valence-electron chi connectivity index (χ1n) is 8.81. The van der Waals surface area contributed by atoms with Crippen LogP contribution in [-0.4, -0.2) is 33.8 Å². The van der Waals surface area contributed by atoms with Gasteiger partial charge in [0.25, 0.3) is 0 Å². The van der Waals surface area contributed by atoms with E-state index >= 15 is 0 Å². The van der Waals surface area contributed by atoms with E-state index in [2.05, 4.69) is 10.0 Å². The van der Waals surface area contributed by atoms with Gasteiger partial charge in [-0.2, -0.15) is 0 Å². The maximum absolute atomic E-state index is 12.1. The van der Waals surface area contributed by atoms with E-state index in [1.54, 1.807) is 30.3 Å². The molecule has 0 heterocycles. The number of ether oxygens (including phenoxy) is 2. The van der Waals surface area contributed by atoms with Crippen LogP contribution in [0.5, 0.6) is 11.5 Å². The fraction of sp³-hybridized carbons (Fsp3) is 0.316. The Morgan fingerprint density at radius 3 is 2.59 bits per heavy atom. The summed E-state index contributed by atoms with van der Waals surface area (Å²) in [7, 11) is -2.01. The van der Waals surface area contributed by atoms with E-state index in [0.717, 1.165) is 0 Å². The fourth-order valence-electron chi connectivity index (χ4n) is 2.33. The minimum Gasteiger partial charge on any atom is -0.494 e. The van der Waals surface area contributed by atoms with E-state index in [1.165, 1.54) is 20.1 Å². The van der Waals surface area contributed by atoms with Crippen LogP contribution in [0.4, 0.5) is 11.4 Å². The molecule has 0 saturated carbocycles. The van der Waals surface area contributed by atoms with Gasteiger partial charge in [0.15, 0.2) is 0 Å². The summed E-state index contributed by atoms with van der Waals surface area (Å²) in [6.45, 7) is 1.84. The van der Waals surface area contributed by atoms with Gasteiger partial charge in [-0.1, -0.05) is 29.3 Å². The number of benzene rings is 2.